The number of amides is 2. The lowest BCUT2D eigenvalue weighted by atomic mass is 9.72. The highest BCUT2D eigenvalue weighted by molar-refractivity contribution is 5.89. The van der Waals surface area contributed by atoms with Crippen molar-refractivity contribution in [2.24, 2.45) is 10.8 Å². The number of carbonyl (C=O) groups is 2. The van der Waals surface area contributed by atoms with Crippen molar-refractivity contribution < 1.29 is 18.4 Å². The summed E-state index contributed by atoms with van der Waals surface area (Å²) in [6.07, 6.45) is 3.66. The van der Waals surface area contributed by atoms with Gasteiger partial charge in [0.15, 0.2) is 5.78 Å². The van der Waals surface area contributed by atoms with Crippen molar-refractivity contribution in [1.29, 1.82) is 5.26 Å². The van der Waals surface area contributed by atoms with Crippen LogP contribution in [0.5, 0.6) is 0 Å². The average Bonchev–Trinajstić information content (AvgIpc) is 3.46. The van der Waals surface area contributed by atoms with E-state index in [4.69, 9.17) is 0 Å². The molecule has 2 amide bonds. The van der Waals surface area contributed by atoms with Gasteiger partial charge in [0, 0.05) is 37.8 Å². The lowest BCUT2D eigenvalue weighted by molar-refractivity contribution is -0.124. The number of hydrogen-bond acceptors (Lipinski definition) is 4. The number of nitrogens with zero attached hydrogens (tertiary/aromatic N) is 3. The summed E-state index contributed by atoms with van der Waals surface area (Å²) in [7, 11) is 0. The number of alkyl halides is 2. The minimum atomic E-state index is -3.02. The Hall–Kier alpha value is -1.75. The molecular formula is C23H36F2N4O2. The van der Waals surface area contributed by atoms with E-state index in [9.17, 15) is 23.6 Å². The molecule has 3 aliphatic rings. The Kier molecular flexibility index (Phi) is 7.25. The van der Waals surface area contributed by atoms with Crippen LogP contribution < -0.4 is 5.32 Å². The smallest absolute Gasteiger partial charge is 0.318 e. The molecule has 174 valence electrons. The maximum absolute atomic E-state index is 14.3. The number of rotatable bonds is 10. The lowest BCUT2D eigenvalue weighted by Gasteiger charge is -2.54. The summed E-state index contributed by atoms with van der Waals surface area (Å²) in [5, 5.41) is 11.9. The number of nitrogens with one attached hydrogen (secondary N) is 1. The highest BCUT2D eigenvalue weighted by Crippen LogP contribution is 2.48. The summed E-state index contributed by atoms with van der Waals surface area (Å²) in [4.78, 5) is 29.6. The number of nitriles is 1. The van der Waals surface area contributed by atoms with Gasteiger partial charge in [-0.1, -0.05) is 20.3 Å². The second-order valence-electron chi connectivity index (χ2n) is 10.0. The number of halogens is 2. The standard InChI is InChI=1S/C23H36F2N4O2/c1-3-5-23(24,25)13-18(19(30)14-21(15-26)6-7-21)27-20(31)29-16-22(17-29)8-11-28(10-4-2)12-9-22/h18H,3-14,16-17H2,1-2H3,(H,27,31)/t18-/m0/s1. The lowest BCUT2D eigenvalue weighted by Crippen LogP contribution is -2.65. The van der Waals surface area contributed by atoms with Gasteiger partial charge in [-0.25, -0.2) is 13.6 Å². The van der Waals surface area contributed by atoms with Crippen LogP contribution in [0.4, 0.5) is 13.6 Å². The van der Waals surface area contributed by atoms with Gasteiger partial charge in [-0.05, 0) is 51.7 Å². The second-order valence-corrected chi connectivity index (χ2v) is 10.0. The number of likely N-dealkylation sites (tertiary alicyclic amines) is 2. The second kappa shape index (κ2) is 9.40. The van der Waals surface area contributed by atoms with Crippen LogP contribution in [0.1, 0.15) is 71.6 Å². The molecule has 2 saturated heterocycles. The first-order valence-electron chi connectivity index (χ1n) is 11.7. The molecule has 3 rings (SSSR count). The molecule has 0 aromatic carbocycles. The SMILES string of the molecule is CCCN1CCC2(CC1)CN(C(=O)N[C@@H](CC(F)(F)CCC)C(=O)CC1(C#N)CC1)C2. The largest absolute Gasteiger partial charge is 0.328 e. The van der Waals surface area contributed by atoms with E-state index < -0.39 is 35.6 Å². The van der Waals surface area contributed by atoms with Crippen molar-refractivity contribution in [3.63, 3.8) is 0 Å². The fourth-order valence-corrected chi connectivity index (χ4v) is 4.98. The molecule has 0 unspecified atom stereocenters. The molecule has 2 aliphatic heterocycles. The van der Waals surface area contributed by atoms with E-state index in [-0.39, 0.29) is 18.3 Å². The quantitative estimate of drug-likeness (QED) is 0.560. The Labute approximate surface area is 184 Å². The first-order valence-corrected chi connectivity index (χ1v) is 11.7. The molecule has 1 saturated carbocycles. The van der Waals surface area contributed by atoms with Crippen LogP contribution in [0.15, 0.2) is 0 Å². The van der Waals surface area contributed by atoms with E-state index in [1.54, 1.807) is 11.8 Å². The van der Waals surface area contributed by atoms with Crippen LogP contribution in [0.2, 0.25) is 0 Å². The molecule has 0 radical (unpaired) electrons. The summed E-state index contributed by atoms with van der Waals surface area (Å²) in [6.45, 7) is 8.24. The molecule has 1 atom stereocenters. The molecule has 31 heavy (non-hydrogen) atoms. The Bertz CT molecular complexity index is 701. The predicted molar refractivity (Wildman–Crippen MR) is 114 cm³/mol. The zero-order valence-electron chi connectivity index (χ0n) is 18.9. The maximum atomic E-state index is 14.3. The number of carbonyl (C=O) groups excluding carboxylic acids is 2. The number of Topliss-reactive ketones (excluding diaryl/α,β-unsaturated/α-hetero) is 1. The van der Waals surface area contributed by atoms with E-state index in [0.717, 1.165) is 38.9 Å². The minimum Gasteiger partial charge on any atom is -0.328 e. The third-order valence-electron chi connectivity index (χ3n) is 7.20. The molecular weight excluding hydrogens is 402 g/mol. The van der Waals surface area contributed by atoms with Crippen molar-refractivity contribution in [3.8, 4) is 6.07 Å². The van der Waals surface area contributed by atoms with Gasteiger partial charge in [0.2, 0.25) is 0 Å². The van der Waals surface area contributed by atoms with Crippen LogP contribution >= 0.6 is 0 Å². The van der Waals surface area contributed by atoms with Gasteiger partial charge in [0.25, 0.3) is 5.92 Å². The first-order chi connectivity index (χ1) is 14.7. The van der Waals surface area contributed by atoms with Gasteiger partial charge >= 0.3 is 6.03 Å². The van der Waals surface area contributed by atoms with Crippen LogP contribution in [-0.2, 0) is 4.79 Å². The first kappa shape index (κ1) is 23.9. The highest BCUT2D eigenvalue weighted by atomic mass is 19.3. The number of urea groups is 1. The zero-order valence-corrected chi connectivity index (χ0v) is 18.9. The third kappa shape index (κ3) is 5.94. The molecule has 8 heteroatoms. The molecule has 0 bridgehead atoms. The third-order valence-corrected chi connectivity index (χ3v) is 7.20. The number of ketones is 1. The van der Waals surface area contributed by atoms with E-state index in [0.29, 0.717) is 32.4 Å². The number of piperidine rings is 1. The van der Waals surface area contributed by atoms with E-state index in [2.05, 4.69) is 23.2 Å². The van der Waals surface area contributed by atoms with Gasteiger partial charge in [-0.15, -0.1) is 0 Å². The van der Waals surface area contributed by atoms with Gasteiger partial charge in [0.1, 0.15) is 0 Å². The van der Waals surface area contributed by atoms with Crippen LogP contribution in [0, 0.1) is 22.2 Å². The van der Waals surface area contributed by atoms with Crippen LogP contribution in [-0.4, -0.2) is 66.3 Å². The van der Waals surface area contributed by atoms with E-state index >= 15 is 0 Å². The maximum Gasteiger partial charge on any atom is 0.318 e. The summed E-state index contributed by atoms with van der Waals surface area (Å²) in [5.41, 5.74) is -0.584. The Morgan fingerprint density at radius 2 is 1.77 bits per heavy atom. The van der Waals surface area contributed by atoms with Crippen molar-refractivity contribution in [2.45, 2.75) is 83.6 Å². The van der Waals surface area contributed by atoms with Gasteiger partial charge in [-0.3, -0.25) is 4.79 Å². The Morgan fingerprint density at radius 3 is 2.29 bits per heavy atom. The Morgan fingerprint density at radius 1 is 1.13 bits per heavy atom. The molecule has 6 nitrogen and oxygen atoms in total. The molecule has 0 aromatic rings. The van der Waals surface area contributed by atoms with Gasteiger partial charge in [0.05, 0.1) is 17.5 Å². The average molecular weight is 439 g/mol. The summed E-state index contributed by atoms with van der Waals surface area (Å²) in [5.74, 6) is -3.47. The number of hydrogen-bond donors (Lipinski definition) is 1. The van der Waals surface area contributed by atoms with Crippen LogP contribution in [0.25, 0.3) is 0 Å². The van der Waals surface area contributed by atoms with Crippen molar-refractivity contribution in [1.82, 2.24) is 15.1 Å². The predicted octanol–water partition coefficient (Wildman–Crippen LogP) is 3.96. The molecule has 1 spiro atoms. The molecule has 0 aromatic heterocycles. The fourth-order valence-electron chi connectivity index (χ4n) is 4.98. The van der Waals surface area contributed by atoms with Crippen molar-refractivity contribution in [2.75, 3.05) is 32.7 Å². The topological polar surface area (TPSA) is 76.4 Å². The van der Waals surface area contributed by atoms with Crippen molar-refractivity contribution in [3.05, 3.63) is 0 Å². The van der Waals surface area contributed by atoms with E-state index in [1.165, 1.54) is 0 Å². The molecule has 1 aliphatic carbocycles. The normalized spacial score (nSPS) is 23.0. The van der Waals surface area contributed by atoms with Crippen molar-refractivity contribution >= 4 is 11.8 Å². The van der Waals surface area contributed by atoms with Gasteiger partial charge < -0.3 is 15.1 Å². The minimum absolute atomic E-state index is 0.0617. The highest BCUT2D eigenvalue weighted by Gasteiger charge is 2.49. The zero-order chi connectivity index (χ0) is 22.7. The van der Waals surface area contributed by atoms with E-state index in [1.807, 2.05) is 0 Å². The molecule has 1 N–H and O–H groups in total. The summed E-state index contributed by atoms with van der Waals surface area (Å²) < 4.78 is 28.6. The molecule has 2 heterocycles. The molecule has 3 fully saturated rings. The Balaban J connectivity index is 1.56. The fraction of sp³-hybridized carbons (Fsp3) is 0.870. The van der Waals surface area contributed by atoms with Crippen LogP contribution in [0.3, 0.4) is 0 Å². The summed E-state index contributed by atoms with van der Waals surface area (Å²) in [6, 6.07) is 0.457. The summed E-state index contributed by atoms with van der Waals surface area (Å²) >= 11 is 0. The van der Waals surface area contributed by atoms with Gasteiger partial charge in [-0.2, -0.15) is 5.26 Å². The monoisotopic (exact) mass is 438 g/mol.